The number of nitrogens with one attached hydrogen (secondary N) is 1. The van der Waals surface area contributed by atoms with E-state index in [9.17, 15) is 19.7 Å². The molecular formula is C21H22ClN3O6. The molecule has 1 aliphatic heterocycles. The number of hydrogen-bond acceptors (Lipinski definition) is 6. The Hall–Kier alpha value is -3.33. The number of benzene rings is 2. The van der Waals surface area contributed by atoms with Crippen molar-refractivity contribution in [1.29, 1.82) is 0 Å². The average molecular weight is 448 g/mol. The summed E-state index contributed by atoms with van der Waals surface area (Å²) in [4.78, 5) is 37.8. The topological polar surface area (TPSA) is 111 Å². The molecule has 3 rings (SSSR count). The van der Waals surface area contributed by atoms with Crippen LogP contribution in [-0.4, -0.2) is 48.9 Å². The first-order chi connectivity index (χ1) is 14.8. The normalized spacial score (nSPS) is 14.1. The molecular weight excluding hydrogens is 426 g/mol. The number of ether oxygens (including phenoxy) is 2. The Balaban J connectivity index is 1.65. The van der Waals surface area contributed by atoms with Crippen LogP contribution in [0.5, 0.6) is 11.5 Å². The van der Waals surface area contributed by atoms with Gasteiger partial charge in [-0.1, -0.05) is 11.6 Å². The number of methoxy groups -OCH3 is 2. The highest BCUT2D eigenvalue weighted by molar-refractivity contribution is 6.31. The predicted octanol–water partition coefficient (Wildman–Crippen LogP) is 3.76. The van der Waals surface area contributed by atoms with Gasteiger partial charge in [0.05, 0.1) is 30.4 Å². The molecule has 0 saturated carbocycles. The lowest BCUT2D eigenvalue weighted by Crippen LogP contribution is -2.41. The Morgan fingerprint density at radius 2 is 1.74 bits per heavy atom. The van der Waals surface area contributed by atoms with E-state index in [1.54, 1.807) is 23.1 Å². The number of nitro benzene ring substituents is 1. The molecule has 0 bridgehead atoms. The van der Waals surface area contributed by atoms with Gasteiger partial charge in [-0.15, -0.1) is 0 Å². The number of nitrogens with zero attached hydrogens (tertiary/aromatic N) is 2. The van der Waals surface area contributed by atoms with Gasteiger partial charge in [0, 0.05) is 36.2 Å². The van der Waals surface area contributed by atoms with Crippen LogP contribution < -0.4 is 14.8 Å². The van der Waals surface area contributed by atoms with Crippen LogP contribution in [0, 0.1) is 16.0 Å². The Morgan fingerprint density at radius 1 is 1.10 bits per heavy atom. The molecule has 0 atom stereocenters. The number of amides is 2. The zero-order chi connectivity index (χ0) is 22.5. The van der Waals surface area contributed by atoms with Gasteiger partial charge >= 0.3 is 0 Å². The first-order valence-corrected chi connectivity index (χ1v) is 9.98. The molecule has 0 spiro atoms. The number of non-ortho nitro benzene ring substituents is 1. The van der Waals surface area contributed by atoms with E-state index in [-0.39, 0.29) is 29.1 Å². The summed E-state index contributed by atoms with van der Waals surface area (Å²) >= 11 is 6.02. The van der Waals surface area contributed by atoms with Crippen LogP contribution in [0.15, 0.2) is 36.4 Å². The van der Waals surface area contributed by atoms with E-state index in [2.05, 4.69) is 5.32 Å². The molecule has 31 heavy (non-hydrogen) atoms. The van der Waals surface area contributed by atoms with Crippen molar-refractivity contribution in [3.05, 3.63) is 57.1 Å². The van der Waals surface area contributed by atoms with E-state index >= 15 is 0 Å². The number of piperidine rings is 1. The van der Waals surface area contributed by atoms with Crippen LogP contribution in [0.1, 0.15) is 23.2 Å². The highest BCUT2D eigenvalue weighted by atomic mass is 35.5. The maximum atomic E-state index is 12.9. The van der Waals surface area contributed by atoms with Gasteiger partial charge in [0.1, 0.15) is 11.5 Å². The third kappa shape index (κ3) is 5.05. The van der Waals surface area contributed by atoms with Gasteiger partial charge in [-0.3, -0.25) is 19.7 Å². The Labute approximate surface area is 184 Å². The number of anilines is 1. The molecule has 0 radical (unpaired) electrons. The minimum absolute atomic E-state index is 0.146. The van der Waals surface area contributed by atoms with Crippen molar-refractivity contribution in [1.82, 2.24) is 4.90 Å². The van der Waals surface area contributed by atoms with E-state index in [4.69, 9.17) is 21.1 Å². The molecule has 1 saturated heterocycles. The lowest BCUT2D eigenvalue weighted by molar-refractivity contribution is -0.384. The number of carbonyl (C=O) groups is 2. The van der Waals surface area contributed by atoms with E-state index in [0.717, 1.165) is 0 Å². The molecule has 9 nitrogen and oxygen atoms in total. The number of likely N-dealkylation sites (tertiary alicyclic amines) is 1. The molecule has 1 heterocycles. The third-order valence-electron chi connectivity index (χ3n) is 5.20. The predicted molar refractivity (Wildman–Crippen MR) is 115 cm³/mol. The number of nitro groups is 1. The van der Waals surface area contributed by atoms with Crippen molar-refractivity contribution in [2.75, 3.05) is 32.6 Å². The molecule has 10 heteroatoms. The maximum absolute atomic E-state index is 12.9. The second-order valence-corrected chi connectivity index (χ2v) is 7.48. The third-order valence-corrected chi connectivity index (χ3v) is 5.43. The van der Waals surface area contributed by atoms with E-state index in [0.29, 0.717) is 48.0 Å². The molecule has 2 aromatic rings. The lowest BCUT2D eigenvalue weighted by atomic mass is 9.95. The first kappa shape index (κ1) is 22.4. The highest BCUT2D eigenvalue weighted by Crippen LogP contribution is 2.31. The smallest absolute Gasteiger partial charge is 0.271 e. The summed E-state index contributed by atoms with van der Waals surface area (Å²) in [5.41, 5.74) is 0.468. The van der Waals surface area contributed by atoms with E-state index in [1.165, 1.54) is 32.4 Å². The van der Waals surface area contributed by atoms with Gasteiger partial charge in [-0.05, 0) is 37.1 Å². The fourth-order valence-electron chi connectivity index (χ4n) is 3.50. The second-order valence-electron chi connectivity index (χ2n) is 7.04. The summed E-state index contributed by atoms with van der Waals surface area (Å²) in [7, 11) is 2.91. The molecule has 1 N–H and O–H groups in total. The molecule has 2 aromatic carbocycles. The number of carbonyl (C=O) groups excluding carboxylic acids is 2. The van der Waals surface area contributed by atoms with Gasteiger partial charge in [-0.2, -0.15) is 0 Å². The summed E-state index contributed by atoms with van der Waals surface area (Å²) in [6, 6.07) is 8.87. The van der Waals surface area contributed by atoms with Crippen molar-refractivity contribution in [3.63, 3.8) is 0 Å². The van der Waals surface area contributed by atoms with Crippen LogP contribution in [0.4, 0.5) is 11.4 Å². The number of hydrogen-bond donors (Lipinski definition) is 1. The van der Waals surface area contributed by atoms with Gasteiger partial charge in [0.2, 0.25) is 5.91 Å². The van der Waals surface area contributed by atoms with E-state index < -0.39 is 4.92 Å². The summed E-state index contributed by atoms with van der Waals surface area (Å²) in [6.45, 7) is 0.775. The molecule has 2 amide bonds. The zero-order valence-electron chi connectivity index (χ0n) is 17.1. The van der Waals surface area contributed by atoms with Crippen molar-refractivity contribution in [2.24, 2.45) is 5.92 Å². The van der Waals surface area contributed by atoms with Crippen LogP contribution >= 0.6 is 11.6 Å². The Kier molecular flexibility index (Phi) is 6.96. The second kappa shape index (κ2) is 9.65. The Bertz CT molecular complexity index is 1000. The summed E-state index contributed by atoms with van der Waals surface area (Å²) < 4.78 is 10.4. The SMILES string of the molecule is COc1ccc([N+](=O)[O-])cc1NC(=O)C1CCN(C(=O)c2cc(Cl)ccc2OC)CC1. The monoisotopic (exact) mass is 447 g/mol. The summed E-state index contributed by atoms with van der Waals surface area (Å²) in [6.07, 6.45) is 0.912. The standard InChI is InChI=1S/C21H22ClN3O6/c1-30-18-5-3-14(22)11-16(18)21(27)24-9-7-13(8-10-24)20(26)23-17-12-15(25(28)29)4-6-19(17)31-2/h3-6,11-13H,7-10H2,1-2H3,(H,23,26). The quantitative estimate of drug-likeness (QED) is 0.533. The molecule has 0 aliphatic carbocycles. The Morgan fingerprint density at radius 3 is 2.35 bits per heavy atom. The first-order valence-electron chi connectivity index (χ1n) is 9.60. The van der Waals surface area contributed by atoms with Crippen molar-refractivity contribution in [3.8, 4) is 11.5 Å². The lowest BCUT2D eigenvalue weighted by Gasteiger charge is -2.31. The fraction of sp³-hybridized carbons (Fsp3) is 0.333. The van der Waals surface area contributed by atoms with Gasteiger partial charge in [0.25, 0.3) is 11.6 Å². The molecule has 0 aromatic heterocycles. The van der Waals surface area contributed by atoms with Crippen molar-refractivity contribution in [2.45, 2.75) is 12.8 Å². The molecule has 1 fully saturated rings. The fourth-order valence-corrected chi connectivity index (χ4v) is 3.68. The van der Waals surface area contributed by atoms with Crippen LogP contribution in [0.2, 0.25) is 5.02 Å². The summed E-state index contributed by atoms with van der Waals surface area (Å²) in [5, 5.41) is 14.2. The van der Waals surface area contributed by atoms with E-state index in [1.807, 2.05) is 0 Å². The van der Waals surface area contributed by atoms with Gasteiger partial charge in [-0.25, -0.2) is 0 Å². The largest absolute Gasteiger partial charge is 0.496 e. The average Bonchev–Trinajstić information content (AvgIpc) is 2.78. The number of rotatable bonds is 6. The molecule has 1 aliphatic rings. The molecule has 164 valence electrons. The zero-order valence-corrected chi connectivity index (χ0v) is 17.8. The minimum atomic E-state index is -0.538. The minimum Gasteiger partial charge on any atom is -0.496 e. The van der Waals surface area contributed by atoms with Crippen LogP contribution in [0.25, 0.3) is 0 Å². The van der Waals surface area contributed by atoms with Gasteiger partial charge < -0.3 is 19.7 Å². The summed E-state index contributed by atoms with van der Waals surface area (Å²) in [5.74, 6) is -0.0503. The number of halogens is 1. The highest BCUT2D eigenvalue weighted by Gasteiger charge is 2.29. The van der Waals surface area contributed by atoms with Gasteiger partial charge in [0.15, 0.2) is 0 Å². The maximum Gasteiger partial charge on any atom is 0.271 e. The van der Waals surface area contributed by atoms with Crippen molar-refractivity contribution < 1.29 is 24.0 Å². The molecule has 0 unspecified atom stereocenters. The van der Waals surface area contributed by atoms with Crippen molar-refractivity contribution >= 4 is 34.8 Å². The van der Waals surface area contributed by atoms with Crippen LogP contribution in [0.3, 0.4) is 0 Å². The van der Waals surface area contributed by atoms with Crippen LogP contribution in [-0.2, 0) is 4.79 Å².